The number of piperidine rings is 1. The number of rotatable bonds is 3. The maximum absolute atomic E-state index is 12.0. The first-order valence-electron chi connectivity index (χ1n) is 7.05. The van der Waals surface area contributed by atoms with Gasteiger partial charge in [0.05, 0.1) is 17.2 Å². The van der Waals surface area contributed by atoms with Crippen LogP contribution in [0.3, 0.4) is 0 Å². The van der Waals surface area contributed by atoms with Crippen molar-refractivity contribution in [3.63, 3.8) is 0 Å². The van der Waals surface area contributed by atoms with Gasteiger partial charge in [0, 0.05) is 13.1 Å². The largest absolute Gasteiger partial charge is 0.452 e. The monoisotopic (exact) mass is 286 g/mol. The number of likely N-dealkylation sites (tertiary alicyclic amines) is 1. The van der Waals surface area contributed by atoms with E-state index in [1.807, 2.05) is 6.07 Å². The predicted molar refractivity (Wildman–Crippen MR) is 76.4 cm³/mol. The molecule has 0 saturated carbocycles. The summed E-state index contributed by atoms with van der Waals surface area (Å²) in [7, 11) is 0. The number of nitriles is 1. The van der Waals surface area contributed by atoms with Gasteiger partial charge in [-0.2, -0.15) is 5.26 Å². The Kier molecular flexibility index (Phi) is 4.94. The maximum Gasteiger partial charge on any atom is 0.338 e. The smallest absolute Gasteiger partial charge is 0.338 e. The van der Waals surface area contributed by atoms with Crippen LogP contribution in [0.2, 0.25) is 0 Å². The summed E-state index contributed by atoms with van der Waals surface area (Å²) >= 11 is 0. The van der Waals surface area contributed by atoms with Crippen LogP contribution in [0.4, 0.5) is 0 Å². The number of carbonyl (C=O) groups is 2. The van der Waals surface area contributed by atoms with Crippen LogP contribution in [-0.4, -0.2) is 36.5 Å². The fourth-order valence-corrected chi connectivity index (χ4v) is 2.40. The third-order valence-electron chi connectivity index (χ3n) is 3.59. The normalized spacial score (nSPS) is 17.9. The Labute approximate surface area is 124 Å². The van der Waals surface area contributed by atoms with Crippen molar-refractivity contribution in [3.8, 4) is 6.07 Å². The molecule has 1 amide bonds. The number of carbonyl (C=O) groups excluding carboxylic acids is 2. The zero-order chi connectivity index (χ0) is 15.2. The summed E-state index contributed by atoms with van der Waals surface area (Å²) in [5.74, 6) is -0.196. The second-order valence-corrected chi connectivity index (χ2v) is 5.35. The number of nitrogens with zero attached hydrogens (tertiary/aromatic N) is 2. The highest BCUT2D eigenvalue weighted by Crippen LogP contribution is 2.15. The molecular weight excluding hydrogens is 268 g/mol. The molecule has 0 N–H and O–H groups in total. The lowest BCUT2D eigenvalue weighted by Crippen LogP contribution is -2.41. The average molecular weight is 286 g/mol. The Morgan fingerprint density at radius 3 is 2.71 bits per heavy atom. The lowest BCUT2D eigenvalue weighted by Gasteiger charge is -2.30. The van der Waals surface area contributed by atoms with Crippen LogP contribution in [0.5, 0.6) is 0 Å². The van der Waals surface area contributed by atoms with Crippen LogP contribution in [0.1, 0.15) is 35.7 Å². The van der Waals surface area contributed by atoms with Gasteiger partial charge in [-0.1, -0.05) is 6.92 Å². The fourth-order valence-electron chi connectivity index (χ4n) is 2.40. The number of ether oxygens (including phenoxy) is 1. The van der Waals surface area contributed by atoms with Crippen LogP contribution in [0, 0.1) is 17.2 Å². The molecule has 5 heteroatoms. The minimum Gasteiger partial charge on any atom is -0.452 e. The molecule has 1 fully saturated rings. The van der Waals surface area contributed by atoms with Gasteiger partial charge in [0.2, 0.25) is 0 Å². The highest BCUT2D eigenvalue weighted by atomic mass is 16.5. The molecular formula is C16H18N2O3. The first-order chi connectivity index (χ1) is 10.1. The van der Waals surface area contributed by atoms with Crippen molar-refractivity contribution in [2.75, 3.05) is 19.7 Å². The SMILES string of the molecule is C[C@@H]1CCCN(C(=O)COC(=O)c2ccc(C#N)cc2)C1. The van der Waals surface area contributed by atoms with Crippen molar-refractivity contribution in [2.24, 2.45) is 5.92 Å². The summed E-state index contributed by atoms with van der Waals surface area (Å²) in [5, 5.41) is 8.69. The topological polar surface area (TPSA) is 70.4 Å². The summed E-state index contributed by atoms with van der Waals surface area (Å²) in [6, 6.07) is 8.11. The molecule has 1 saturated heterocycles. The molecule has 1 atom stereocenters. The molecule has 0 radical (unpaired) electrons. The van der Waals surface area contributed by atoms with Crippen LogP contribution in [-0.2, 0) is 9.53 Å². The van der Waals surface area contributed by atoms with E-state index in [9.17, 15) is 9.59 Å². The molecule has 0 aromatic heterocycles. The molecule has 110 valence electrons. The van der Waals surface area contributed by atoms with E-state index in [1.54, 1.807) is 17.0 Å². The van der Waals surface area contributed by atoms with Crippen molar-refractivity contribution in [1.29, 1.82) is 5.26 Å². The fraction of sp³-hybridized carbons (Fsp3) is 0.438. The van der Waals surface area contributed by atoms with Gasteiger partial charge in [-0.3, -0.25) is 4.79 Å². The van der Waals surface area contributed by atoms with E-state index >= 15 is 0 Å². The average Bonchev–Trinajstić information content (AvgIpc) is 2.52. The molecule has 21 heavy (non-hydrogen) atoms. The van der Waals surface area contributed by atoms with Crippen LogP contribution in [0.25, 0.3) is 0 Å². The molecule has 0 bridgehead atoms. The standard InChI is InChI=1S/C16H18N2O3/c1-12-3-2-8-18(10-12)15(19)11-21-16(20)14-6-4-13(9-17)5-7-14/h4-7,12H,2-3,8,10-11H2,1H3/t12-/m1/s1. The third kappa shape index (κ3) is 4.06. The highest BCUT2D eigenvalue weighted by molar-refractivity contribution is 5.91. The van der Waals surface area contributed by atoms with E-state index in [0.717, 1.165) is 25.9 Å². The number of hydrogen-bond donors (Lipinski definition) is 0. The molecule has 1 heterocycles. The Bertz CT molecular complexity index is 560. The molecule has 2 rings (SSSR count). The molecule has 0 unspecified atom stereocenters. The van der Waals surface area contributed by atoms with Crippen molar-refractivity contribution >= 4 is 11.9 Å². The molecule has 0 spiro atoms. The second-order valence-electron chi connectivity index (χ2n) is 5.35. The lowest BCUT2D eigenvalue weighted by atomic mass is 10.0. The zero-order valence-electron chi connectivity index (χ0n) is 12.0. The van der Waals surface area contributed by atoms with E-state index < -0.39 is 5.97 Å². The molecule has 1 aromatic rings. The van der Waals surface area contributed by atoms with Crippen LogP contribution in [0.15, 0.2) is 24.3 Å². The summed E-state index contributed by atoms with van der Waals surface area (Å²) in [4.78, 5) is 25.6. The Balaban J connectivity index is 1.85. The van der Waals surface area contributed by atoms with Crippen molar-refractivity contribution in [3.05, 3.63) is 35.4 Å². The summed E-state index contributed by atoms with van der Waals surface area (Å²) < 4.78 is 5.04. The summed E-state index contributed by atoms with van der Waals surface area (Å²) in [5.41, 5.74) is 0.818. The van der Waals surface area contributed by atoms with Gasteiger partial charge in [0.25, 0.3) is 5.91 Å². The lowest BCUT2D eigenvalue weighted by molar-refractivity contribution is -0.136. The Hall–Kier alpha value is -2.35. The van der Waals surface area contributed by atoms with Crippen molar-refractivity contribution < 1.29 is 14.3 Å². The van der Waals surface area contributed by atoms with Gasteiger partial charge in [0.1, 0.15) is 0 Å². The van der Waals surface area contributed by atoms with E-state index in [1.165, 1.54) is 12.1 Å². The van der Waals surface area contributed by atoms with Gasteiger partial charge in [0.15, 0.2) is 6.61 Å². The number of amides is 1. The van der Waals surface area contributed by atoms with Crippen LogP contribution < -0.4 is 0 Å². The quantitative estimate of drug-likeness (QED) is 0.797. The van der Waals surface area contributed by atoms with Gasteiger partial charge in [-0.15, -0.1) is 0 Å². The Morgan fingerprint density at radius 1 is 1.38 bits per heavy atom. The van der Waals surface area contributed by atoms with E-state index in [0.29, 0.717) is 17.0 Å². The first kappa shape index (κ1) is 15.0. The molecule has 0 aliphatic carbocycles. The van der Waals surface area contributed by atoms with Gasteiger partial charge in [-0.25, -0.2) is 4.79 Å². The third-order valence-corrected chi connectivity index (χ3v) is 3.59. The predicted octanol–water partition coefficient (Wildman–Crippen LogP) is 1.97. The molecule has 1 aliphatic rings. The van der Waals surface area contributed by atoms with E-state index in [2.05, 4.69) is 6.92 Å². The van der Waals surface area contributed by atoms with E-state index in [4.69, 9.17) is 10.00 Å². The first-order valence-corrected chi connectivity index (χ1v) is 7.05. The second kappa shape index (κ2) is 6.89. The minimum atomic E-state index is -0.544. The van der Waals surface area contributed by atoms with Crippen molar-refractivity contribution in [1.82, 2.24) is 4.90 Å². The number of hydrogen-bond acceptors (Lipinski definition) is 4. The highest BCUT2D eigenvalue weighted by Gasteiger charge is 2.22. The maximum atomic E-state index is 12.0. The summed E-state index contributed by atoms with van der Waals surface area (Å²) in [6.07, 6.45) is 2.13. The Morgan fingerprint density at radius 2 is 2.10 bits per heavy atom. The number of esters is 1. The molecule has 5 nitrogen and oxygen atoms in total. The minimum absolute atomic E-state index is 0.149. The zero-order valence-corrected chi connectivity index (χ0v) is 12.0. The molecule has 1 aromatic carbocycles. The number of benzene rings is 1. The van der Waals surface area contributed by atoms with Gasteiger partial charge in [-0.05, 0) is 43.0 Å². The van der Waals surface area contributed by atoms with Crippen LogP contribution >= 0.6 is 0 Å². The van der Waals surface area contributed by atoms with E-state index in [-0.39, 0.29) is 12.5 Å². The summed E-state index contributed by atoms with van der Waals surface area (Å²) in [6.45, 7) is 3.35. The van der Waals surface area contributed by atoms with Crippen molar-refractivity contribution in [2.45, 2.75) is 19.8 Å². The van der Waals surface area contributed by atoms with Gasteiger partial charge < -0.3 is 9.64 Å². The molecule has 1 aliphatic heterocycles. The van der Waals surface area contributed by atoms with Gasteiger partial charge >= 0.3 is 5.97 Å².